The molecule has 5 heteroatoms. The zero-order chi connectivity index (χ0) is 12.7. The van der Waals surface area contributed by atoms with Crippen LogP contribution in [0.25, 0.3) is 0 Å². The van der Waals surface area contributed by atoms with Gasteiger partial charge < -0.3 is 4.55 Å². The third-order valence-electron chi connectivity index (χ3n) is 2.76. The van der Waals surface area contributed by atoms with E-state index in [0.29, 0.717) is 0 Å². The van der Waals surface area contributed by atoms with Gasteiger partial charge in [0.25, 0.3) is 0 Å². The molecular weight excluding hydrogens is 275 g/mol. The van der Waals surface area contributed by atoms with Gasteiger partial charge in [0, 0.05) is 0 Å². The van der Waals surface area contributed by atoms with Crippen molar-refractivity contribution in [1.29, 1.82) is 0 Å². The summed E-state index contributed by atoms with van der Waals surface area (Å²) < 4.78 is 32.5. The molecule has 3 nitrogen and oxygen atoms in total. The van der Waals surface area contributed by atoms with Crippen molar-refractivity contribution in [3.63, 3.8) is 0 Å². The average molecular weight is 294 g/mol. The monoisotopic (exact) mass is 294 g/mol. The first-order valence-electron chi connectivity index (χ1n) is 6.09. The van der Waals surface area contributed by atoms with E-state index in [0.717, 1.165) is 24.8 Å². The van der Waals surface area contributed by atoms with Gasteiger partial charge in [0.2, 0.25) is 0 Å². The van der Waals surface area contributed by atoms with E-state index >= 15 is 0 Å². The molecule has 96 valence electrons. The molecule has 0 amide bonds. The van der Waals surface area contributed by atoms with Crippen LogP contribution < -0.4 is 51.4 Å². The molecule has 0 saturated heterocycles. The first kappa shape index (κ1) is 18.8. The minimum Gasteiger partial charge on any atom is -0.744 e. The van der Waals surface area contributed by atoms with E-state index < -0.39 is 10.1 Å². The van der Waals surface area contributed by atoms with Crippen LogP contribution in [0.5, 0.6) is 0 Å². The van der Waals surface area contributed by atoms with Gasteiger partial charge in [0.15, 0.2) is 0 Å². The molecule has 0 radical (unpaired) electrons. The topological polar surface area (TPSA) is 57.2 Å². The predicted molar refractivity (Wildman–Crippen MR) is 66.9 cm³/mol. The summed E-state index contributed by atoms with van der Waals surface area (Å²) in [5.41, 5.74) is 0.929. The molecule has 0 aliphatic carbocycles. The maximum atomic E-state index is 10.8. The Balaban J connectivity index is 0.00000289. The molecule has 0 saturated carbocycles. The standard InChI is InChI=1S/C13H20O3S.K/c1-2-3-4-5-6-8-12-9-7-10-13(11-12)17(14,15)16;/h7,9-11H,2-6,8H2,1H3,(H,14,15,16);/q;+1/p-1. The number of aryl methyl sites for hydroxylation is 1. The van der Waals surface area contributed by atoms with Gasteiger partial charge in [0.1, 0.15) is 10.1 Å². The van der Waals surface area contributed by atoms with Gasteiger partial charge >= 0.3 is 51.4 Å². The second kappa shape index (κ2) is 9.64. The van der Waals surface area contributed by atoms with Crippen molar-refractivity contribution in [2.45, 2.75) is 50.3 Å². The van der Waals surface area contributed by atoms with Crippen LogP contribution in [0.1, 0.15) is 44.6 Å². The van der Waals surface area contributed by atoms with Crippen LogP contribution in [-0.2, 0) is 16.5 Å². The third-order valence-corrected chi connectivity index (χ3v) is 3.59. The number of unbranched alkanes of at least 4 members (excludes halogenated alkanes) is 4. The van der Waals surface area contributed by atoms with Crippen molar-refractivity contribution >= 4 is 10.1 Å². The number of benzene rings is 1. The van der Waals surface area contributed by atoms with Gasteiger partial charge in [-0.15, -0.1) is 0 Å². The van der Waals surface area contributed by atoms with Crippen LogP contribution in [0.2, 0.25) is 0 Å². The second-order valence-electron chi connectivity index (χ2n) is 4.27. The molecule has 0 heterocycles. The van der Waals surface area contributed by atoms with E-state index in [1.165, 1.54) is 31.4 Å². The molecular formula is C13H19KO3S. The minimum atomic E-state index is -4.31. The first-order valence-corrected chi connectivity index (χ1v) is 7.49. The Morgan fingerprint density at radius 3 is 2.39 bits per heavy atom. The Kier molecular flexibility index (Phi) is 10.0. The zero-order valence-electron chi connectivity index (χ0n) is 11.2. The quantitative estimate of drug-likeness (QED) is 0.407. The summed E-state index contributed by atoms with van der Waals surface area (Å²) in [6.45, 7) is 2.17. The van der Waals surface area contributed by atoms with E-state index in [9.17, 15) is 13.0 Å². The normalized spacial score (nSPS) is 11.0. The van der Waals surface area contributed by atoms with Crippen LogP contribution in [0.3, 0.4) is 0 Å². The molecule has 1 aromatic rings. The fraction of sp³-hybridized carbons (Fsp3) is 0.538. The largest absolute Gasteiger partial charge is 1.00 e. The Labute approximate surface area is 153 Å². The average Bonchev–Trinajstić information content (AvgIpc) is 2.28. The van der Waals surface area contributed by atoms with Crippen molar-refractivity contribution in [3.05, 3.63) is 29.8 Å². The van der Waals surface area contributed by atoms with Crippen LogP contribution >= 0.6 is 0 Å². The summed E-state index contributed by atoms with van der Waals surface area (Å²) in [7, 11) is -4.31. The van der Waals surface area contributed by atoms with Crippen molar-refractivity contribution in [1.82, 2.24) is 0 Å². The summed E-state index contributed by atoms with van der Waals surface area (Å²) in [6.07, 6.45) is 6.71. The van der Waals surface area contributed by atoms with Crippen molar-refractivity contribution in [2.24, 2.45) is 0 Å². The molecule has 0 atom stereocenters. The van der Waals surface area contributed by atoms with Crippen molar-refractivity contribution in [3.8, 4) is 0 Å². The van der Waals surface area contributed by atoms with Crippen LogP contribution in [0, 0.1) is 0 Å². The van der Waals surface area contributed by atoms with E-state index in [1.807, 2.05) is 6.07 Å². The summed E-state index contributed by atoms with van der Waals surface area (Å²) in [5, 5.41) is 0. The van der Waals surface area contributed by atoms with E-state index in [1.54, 1.807) is 6.07 Å². The molecule has 0 aliphatic heterocycles. The Hall–Kier alpha value is 0.766. The fourth-order valence-corrected chi connectivity index (χ4v) is 2.33. The molecule has 0 spiro atoms. The summed E-state index contributed by atoms with van der Waals surface area (Å²) >= 11 is 0. The summed E-state index contributed by atoms with van der Waals surface area (Å²) in [5.74, 6) is 0. The molecule has 0 aromatic heterocycles. The van der Waals surface area contributed by atoms with Crippen LogP contribution in [0.4, 0.5) is 0 Å². The maximum absolute atomic E-state index is 10.8. The summed E-state index contributed by atoms with van der Waals surface area (Å²) in [6, 6.07) is 6.34. The minimum absolute atomic E-state index is 0. The Morgan fingerprint density at radius 2 is 1.78 bits per heavy atom. The maximum Gasteiger partial charge on any atom is 1.00 e. The van der Waals surface area contributed by atoms with Gasteiger partial charge in [-0.25, -0.2) is 8.42 Å². The van der Waals surface area contributed by atoms with E-state index in [2.05, 4.69) is 6.92 Å². The first-order chi connectivity index (χ1) is 8.04. The molecule has 0 bridgehead atoms. The number of hydrogen-bond acceptors (Lipinski definition) is 3. The van der Waals surface area contributed by atoms with E-state index in [-0.39, 0.29) is 56.3 Å². The van der Waals surface area contributed by atoms with Gasteiger partial charge in [-0.1, -0.05) is 44.7 Å². The molecule has 18 heavy (non-hydrogen) atoms. The molecule has 0 fully saturated rings. The number of rotatable bonds is 7. The predicted octanol–water partition coefficient (Wildman–Crippen LogP) is 0.108. The van der Waals surface area contributed by atoms with Gasteiger partial charge in [-0.2, -0.15) is 0 Å². The second-order valence-corrected chi connectivity index (χ2v) is 5.65. The molecule has 0 aliphatic rings. The van der Waals surface area contributed by atoms with E-state index in [4.69, 9.17) is 0 Å². The van der Waals surface area contributed by atoms with Crippen LogP contribution in [0.15, 0.2) is 29.2 Å². The van der Waals surface area contributed by atoms with Crippen molar-refractivity contribution < 1.29 is 64.4 Å². The SMILES string of the molecule is CCCCCCCc1cccc(S(=O)(=O)[O-])c1.[K+]. The van der Waals surface area contributed by atoms with Gasteiger partial charge in [0.05, 0.1) is 4.90 Å². The Bertz CT molecular complexity index is 443. The molecule has 0 unspecified atom stereocenters. The zero-order valence-corrected chi connectivity index (χ0v) is 15.1. The van der Waals surface area contributed by atoms with Gasteiger partial charge in [-0.3, -0.25) is 0 Å². The molecule has 1 rings (SSSR count). The molecule has 1 aromatic carbocycles. The van der Waals surface area contributed by atoms with Crippen molar-refractivity contribution in [2.75, 3.05) is 0 Å². The van der Waals surface area contributed by atoms with Gasteiger partial charge in [-0.05, 0) is 30.5 Å². The smallest absolute Gasteiger partial charge is 0.744 e. The Morgan fingerprint density at radius 1 is 1.11 bits per heavy atom. The van der Waals surface area contributed by atoms with Crippen LogP contribution in [-0.4, -0.2) is 13.0 Å². The number of hydrogen-bond donors (Lipinski definition) is 0. The molecule has 0 N–H and O–H groups in total. The fourth-order valence-electron chi connectivity index (χ4n) is 1.79. The third kappa shape index (κ3) is 7.38. The summed E-state index contributed by atoms with van der Waals surface area (Å²) in [4.78, 5) is -0.122.